The first-order valence-electron chi connectivity index (χ1n) is 20.6. The highest BCUT2D eigenvalue weighted by Gasteiger charge is 2.57. The summed E-state index contributed by atoms with van der Waals surface area (Å²) in [5.41, 5.74) is 3.79. The van der Waals surface area contributed by atoms with Gasteiger partial charge in [0.1, 0.15) is 17.9 Å². The van der Waals surface area contributed by atoms with Crippen molar-refractivity contribution in [3.63, 3.8) is 0 Å². The number of hydrogen-bond donors (Lipinski definition) is 2. The van der Waals surface area contributed by atoms with E-state index >= 15 is 0 Å². The first-order valence-corrected chi connectivity index (χ1v) is 22.3. The molecule has 1 saturated heterocycles. The average molecular weight is 812 g/mol. The molecule has 1 heterocycles. The number of aliphatic hydroxyl groups excluding tert-OH is 2. The van der Waals surface area contributed by atoms with Crippen LogP contribution in [0.25, 0.3) is 11.1 Å². The van der Waals surface area contributed by atoms with Gasteiger partial charge in [-0.2, -0.15) is 5.06 Å². The van der Waals surface area contributed by atoms with Gasteiger partial charge in [-0.3, -0.25) is 14.4 Å². The van der Waals surface area contributed by atoms with Gasteiger partial charge in [0.15, 0.2) is 21.4 Å². The molecule has 4 fully saturated rings. The quantitative estimate of drug-likeness (QED) is 0.178. The number of ether oxygens (including phenoxy) is 1. The molecule has 2 N–H and O–H groups in total. The minimum atomic E-state index is -3.47. The molecule has 1 unspecified atom stereocenters. The fourth-order valence-electron chi connectivity index (χ4n) is 10.0. The second-order valence-electron chi connectivity index (χ2n) is 19.4. The molecule has 1 aliphatic heterocycles. The van der Waals surface area contributed by atoms with Crippen LogP contribution in [0.2, 0.25) is 0 Å². The molecule has 9 atom stereocenters. The Hall–Kier alpha value is -2.87. The van der Waals surface area contributed by atoms with E-state index in [1.165, 1.54) is 6.42 Å². The van der Waals surface area contributed by atoms with Crippen molar-refractivity contribution in [1.82, 2.24) is 9.96 Å². The summed E-state index contributed by atoms with van der Waals surface area (Å²) in [5.74, 6) is 1.22. The van der Waals surface area contributed by atoms with E-state index in [2.05, 4.69) is 20.8 Å². The summed E-state index contributed by atoms with van der Waals surface area (Å²) in [7, 11) is 5.69. The molecule has 2 bridgehead atoms. The third kappa shape index (κ3) is 9.47. The maximum Gasteiger partial charge on any atom is 0.163 e. The summed E-state index contributed by atoms with van der Waals surface area (Å²) < 4.78 is 31.7. The summed E-state index contributed by atoms with van der Waals surface area (Å²) in [6.45, 7) is 14.0. The van der Waals surface area contributed by atoms with E-state index in [4.69, 9.17) is 9.57 Å². The molecule has 3 saturated carbocycles. The molecule has 0 radical (unpaired) electrons. The van der Waals surface area contributed by atoms with Gasteiger partial charge in [0.05, 0.1) is 36.9 Å². The van der Waals surface area contributed by atoms with Gasteiger partial charge in [-0.25, -0.2) is 8.42 Å². The molecule has 3 aliphatic carbocycles. The lowest BCUT2D eigenvalue weighted by atomic mass is 9.43. The molecular formula is C45H69N3O8S. The number of hydroxylamine groups is 2. The van der Waals surface area contributed by atoms with E-state index in [1.807, 2.05) is 74.4 Å². The van der Waals surface area contributed by atoms with Gasteiger partial charge in [-0.15, -0.1) is 0 Å². The molecule has 0 spiro atoms. The van der Waals surface area contributed by atoms with Crippen LogP contribution < -0.4 is 9.64 Å². The van der Waals surface area contributed by atoms with Crippen LogP contribution in [-0.2, 0) is 26.0 Å². The van der Waals surface area contributed by atoms with Crippen LogP contribution >= 0.6 is 0 Å². The zero-order valence-electron chi connectivity index (χ0n) is 36.4. The SMILES string of the molecule is COc1c(CN2O[C@@H](CO)[C@@H]([C@H](C)O)[C@H]2C(=O)CC2C[C@H]3C[C@@H]([C@@H]2C)C3(C)C)cccc1-c1cc(C(=O)C[C@@H](CN(C)C)CS(=O)(=O)C(C)(C)C)cc(N(C)C)c1. The minimum absolute atomic E-state index is 0.0210. The van der Waals surface area contributed by atoms with Gasteiger partial charge in [-0.1, -0.05) is 39.0 Å². The topological polar surface area (TPSA) is 137 Å². The van der Waals surface area contributed by atoms with Crippen molar-refractivity contribution in [2.45, 2.75) is 104 Å². The fourth-order valence-corrected chi connectivity index (χ4v) is 11.4. The van der Waals surface area contributed by atoms with Crippen molar-refractivity contribution in [1.29, 1.82) is 0 Å². The molecule has 2 aromatic rings. The molecule has 57 heavy (non-hydrogen) atoms. The Morgan fingerprint density at radius 3 is 2.32 bits per heavy atom. The molecule has 318 valence electrons. The Balaban J connectivity index is 1.46. The Kier molecular flexibility index (Phi) is 13.8. The zero-order valence-corrected chi connectivity index (χ0v) is 37.2. The molecule has 0 aromatic heterocycles. The molecule has 4 aliphatic rings. The predicted molar refractivity (Wildman–Crippen MR) is 226 cm³/mol. The summed E-state index contributed by atoms with van der Waals surface area (Å²) >= 11 is 0. The van der Waals surface area contributed by atoms with E-state index in [-0.39, 0.29) is 42.8 Å². The van der Waals surface area contributed by atoms with Gasteiger partial charge in [-0.05, 0) is 113 Å². The molecular weight excluding hydrogens is 743 g/mol. The lowest BCUT2D eigenvalue weighted by Gasteiger charge is -2.62. The van der Waals surface area contributed by atoms with Gasteiger partial charge < -0.3 is 24.7 Å². The number of hydrogen-bond acceptors (Lipinski definition) is 11. The monoisotopic (exact) mass is 811 g/mol. The number of nitrogens with zero attached hydrogens (tertiary/aromatic N) is 3. The van der Waals surface area contributed by atoms with Crippen molar-refractivity contribution in [3.05, 3.63) is 47.5 Å². The number of benzene rings is 2. The third-order valence-electron chi connectivity index (χ3n) is 13.6. The fraction of sp³-hybridized carbons (Fsp3) is 0.689. The van der Waals surface area contributed by atoms with Crippen molar-refractivity contribution < 1.29 is 37.8 Å². The van der Waals surface area contributed by atoms with Crippen molar-refractivity contribution >= 4 is 27.1 Å². The highest BCUT2D eigenvalue weighted by atomic mass is 32.2. The highest BCUT2D eigenvalue weighted by Crippen LogP contribution is 2.63. The Morgan fingerprint density at radius 1 is 1.09 bits per heavy atom. The number of anilines is 1. The number of methoxy groups -OCH3 is 1. The van der Waals surface area contributed by atoms with Gasteiger partial charge >= 0.3 is 0 Å². The number of para-hydroxylation sites is 1. The van der Waals surface area contributed by atoms with Crippen LogP contribution in [0.4, 0.5) is 5.69 Å². The van der Waals surface area contributed by atoms with E-state index in [0.717, 1.165) is 28.8 Å². The number of rotatable bonds is 17. The number of ketones is 2. The predicted octanol–water partition coefficient (Wildman–Crippen LogP) is 6.14. The van der Waals surface area contributed by atoms with Crippen LogP contribution in [0.5, 0.6) is 5.75 Å². The third-order valence-corrected chi connectivity index (χ3v) is 16.4. The van der Waals surface area contributed by atoms with Gasteiger partial charge in [0, 0.05) is 61.8 Å². The largest absolute Gasteiger partial charge is 0.496 e. The number of aliphatic hydroxyl groups is 2. The molecule has 0 amide bonds. The highest BCUT2D eigenvalue weighted by molar-refractivity contribution is 7.92. The zero-order chi connectivity index (χ0) is 42.4. The summed E-state index contributed by atoms with van der Waals surface area (Å²) in [5, 5.41) is 23.0. The summed E-state index contributed by atoms with van der Waals surface area (Å²) in [6.07, 6.45) is 1.08. The summed E-state index contributed by atoms with van der Waals surface area (Å²) in [6, 6.07) is 10.7. The Labute approximate surface area is 342 Å². The number of Topliss-reactive ketones (excluding diaryl/α,β-unsaturated/α-hetero) is 2. The lowest BCUT2D eigenvalue weighted by Crippen LogP contribution is -2.55. The van der Waals surface area contributed by atoms with E-state index in [9.17, 15) is 28.2 Å². The maximum atomic E-state index is 14.4. The average Bonchev–Trinajstić information content (AvgIpc) is 3.49. The van der Waals surface area contributed by atoms with Crippen LogP contribution in [0.1, 0.15) is 90.1 Å². The van der Waals surface area contributed by atoms with E-state index < -0.39 is 44.7 Å². The van der Waals surface area contributed by atoms with Crippen LogP contribution in [-0.4, -0.2) is 117 Å². The smallest absolute Gasteiger partial charge is 0.163 e. The van der Waals surface area contributed by atoms with Crippen molar-refractivity contribution in [2.75, 3.05) is 59.1 Å². The van der Waals surface area contributed by atoms with Crippen molar-refractivity contribution in [2.24, 2.45) is 40.9 Å². The van der Waals surface area contributed by atoms with Crippen LogP contribution in [0.3, 0.4) is 0 Å². The molecule has 2 aromatic carbocycles. The number of fused-ring (bicyclic) bond motifs is 2. The van der Waals surface area contributed by atoms with E-state index in [1.54, 1.807) is 39.9 Å². The van der Waals surface area contributed by atoms with Crippen LogP contribution in [0, 0.1) is 40.9 Å². The number of carbonyl (C=O) groups is 2. The standard InChI is InChI=1S/C45H69N3O8S/c1-27-31(18-34-22-37(27)45(34,6)7)21-39(52)42-41(28(2)50)40(25-49)56-48(42)24-30-14-13-15-36(43(30)55-12)32-17-33(20-35(19-32)47(10)11)38(51)16-29(23-46(8)9)26-57(53,54)44(3,4)5/h13-15,17,19-20,27-29,31,34,37,40-42,49-50H,16,18,21-26H2,1-12H3/t27-,28+,29+,31?,34+,37+,40+,41-,42-/m1/s1. The molecule has 11 nitrogen and oxygen atoms in total. The van der Waals surface area contributed by atoms with E-state index in [0.29, 0.717) is 47.4 Å². The second kappa shape index (κ2) is 17.4. The van der Waals surface area contributed by atoms with Gasteiger partial charge in [0.2, 0.25) is 0 Å². The van der Waals surface area contributed by atoms with Gasteiger partial charge in [0.25, 0.3) is 0 Å². The molecule has 6 rings (SSSR count). The minimum Gasteiger partial charge on any atom is -0.496 e. The van der Waals surface area contributed by atoms with Crippen molar-refractivity contribution in [3.8, 4) is 16.9 Å². The molecule has 12 heteroatoms. The Bertz CT molecular complexity index is 1870. The summed E-state index contributed by atoms with van der Waals surface area (Å²) in [4.78, 5) is 38.7. The Morgan fingerprint density at radius 2 is 1.77 bits per heavy atom. The first-order chi connectivity index (χ1) is 26.5. The number of sulfone groups is 1. The van der Waals surface area contributed by atoms with Crippen LogP contribution in [0.15, 0.2) is 36.4 Å². The first kappa shape index (κ1) is 45.2. The normalized spacial score (nSPS) is 27.2. The number of carbonyl (C=O) groups excluding carboxylic acids is 2. The lowest BCUT2D eigenvalue weighted by molar-refractivity contribution is -0.183. The maximum absolute atomic E-state index is 14.4. The second-order valence-corrected chi connectivity index (χ2v) is 22.1.